The zero-order chi connectivity index (χ0) is 18.4. The maximum atomic E-state index is 12.3. The zero-order valence-corrected chi connectivity index (χ0v) is 15.0. The molecule has 0 spiro atoms. The van der Waals surface area contributed by atoms with Crippen LogP contribution in [-0.4, -0.2) is 31.2 Å². The van der Waals surface area contributed by atoms with Crippen LogP contribution in [0.3, 0.4) is 0 Å². The van der Waals surface area contributed by atoms with Crippen molar-refractivity contribution in [2.24, 2.45) is 0 Å². The first-order chi connectivity index (χ1) is 12.7. The molecule has 0 bridgehead atoms. The third-order valence-electron chi connectivity index (χ3n) is 3.58. The van der Waals surface area contributed by atoms with Gasteiger partial charge >= 0.3 is 0 Å². The molecule has 3 aromatic rings. The van der Waals surface area contributed by atoms with E-state index in [1.54, 1.807) is 12.1 Å². The molecule has 0 aliphatic heterocycles. The largest absolute Gasteiger partial charge is 0.299 e. The molecule has 0 radical (unpaired) electrons. The Balaban J connectivity index is 1.59. The van der Waals surface area contributed by atoms with Crippen molar-refractivity contribution in [2.75, 3.05) is 5.32 Å². The van der Waals surface area contributed by atoms with Crippen molar-refractivity contribution >= 4 is 29.2 Å². The lowest BCUT2D eigenvalue weighted by molar-refractivity contribution is 0.0978. The molecule has 26 heavy (non-hydrogen) atoms. The van der Waals surface area contributed by atoms with Crippen LogP contribution < -0.4 is 10.6 Å². The van der Waals surface area contributed by atoms with E-state index in [-0.39, 0.29) is 17.0 Å². The lowest BCUT2D eigenvalue weighted by Gasteiger charge is -2.07. The molecule has 1 heterocycles. The van der Waals surface area contributed by atoms with Crippen LogP contribution in [0.2, 0.25) is 0 Å². The van der Waals surface area contributed by atoms with Gasteiger partial charge in [0, 0.05) is 5.56 Å². The maximum Gasteiger partial charge on any atom is 0.269 e. The normalized spacial score (nSPS) is 10.3. The number of tetrazole rings is 1. The predicted octanol–water partition coefficient (Wildman–Crippen LogP) is 2.88. The zero-order valence-electron chi connectivity index (χ0n) is 14.2. The first kappa shape index (κ1) is 17.7. The summed E-state index contributed by atoms with van der Waals surface area (Å²) in [6.45, 7) is 2.69. The van der Waals surface area contributed by atoms with E-state index in [4.69, 9.17) is 12.2 Å². The number of hydrogen-bond donors (Lipinski definition) is 2. The smallest absolute Gasteiger partial charge is 0.269 e. The number of aromatic nitrogens is 4. The van der Waals surface area contributed by atoms with Crippen molar-refractivity contribution in [3.8, 4) is 11.1 Å². The van der Waals surface area contributed by atoms with Gasteiger partial charge in [-0.25, -0.2) is 0 Å². The number of nitrogens with one attached hydrogen (secondary N) is 2. The van der Waals surface area contributed by atoms with Crippen LogP contribution in [0.15, 0.2) is 54.6 Å². The van der Waals surface area contributed by atoms with E-state index in [0.29, 0.717) is 12.1 Å². The Morgan fingerprint density at radius 1 is 1.08 bits per heavy atom. The van der Waals surface area contributed by atoms with E-state index in [0.717, 1.165) is 17.5 Å². The minimum Gasteiger partial charge on any atom is -0.299 e. The van der Waals surface area contributed by atoms with Crippen LogP contribution >= 0.6 is 12.2 Å². The third-order valence-corrected chi connectivity index (χ3v) is 3.79. The fourth-order valence-corrected chi connectivity index (χ4v) is 2.52. The second kappa shape index (κ2) is 8.30. The molecular weight excluding hydrogens is 348 g/mol. The van der Waals surface area contributed by atoms with Crippen LogP contribution in [0.4, 0.5) is 5.95 Å². The summed E-state index contributed by atoms with van der Waals surface area (Å²) in [5.74, 6) is -0.0498. The fraction of sp³-hybridized carbons (Fsp3) is 0.167. The topological polar surface area (TPSA) is 84.7 Å². The van der Waals surface area contributed by atoms with E-state index in [9.17, 15) is 4.79 Å². The molecule has 0 aliphatic carbocycles. The van der Waals surface area contributed by atoms with Crippen molar-refractivity contribution in [3.05, 3.63) is 60.2 Å². The SMILES string of the molecule is CCCn1nnc(NC(=S)NC(=O)c2ccc(-c3ccccc3)cc2)n1. The van der Waals surface area contributed by atoms with E-state index in [2.05, 4.69) is 26.0 Å². The number of amides is 1. The molecule has 132 valence electrons. The van der Waals surface area contributed by atoms with Crippen LogP contribution in [0.25, 0.3) is 11.1 Å². The van der Waals surface area contributed by atoms with Crippen LogP contribution in [0.1, 0.15) is 23.7 Å². The third kappa shape index (κ3) is 4.48. The second-order valence-corrected chi connectivity index (χ2v) is 5.97. The highest BCUT2D eigenvalue weighted by Gasteiger charge is 2.10. The molecule has 1 aromatic heterocycles. The lowest BCUT2D eigenvalue weighted by Crippen LogP contribution is -2.34. The number of hydrogen-bond acceptors (Lipinski definition) is 5. The monoisotopic (exact) mass is 366 g/mol. The number of aryl methyl sites for hydroxylation is 1. The first-order valence-corrected chi connectivity index (χ1v) is 8.62. The Bertz CT molecular complexity index is 892. The van der Waals surface area contributed by atoms with Crippen LogP contribution in [-0.2, 0) is 6.54 Å². The summed E-state index contributed by atoms with van der Waals surface area (Å²) in [5, 5.41) is 17.3. The van der Waals surface area contributed by atoms with Gasteiger partial charge in [-0.05, 0) is 47.1 Å². The van der Waals surface area contributed by atoms with Gasteiger partial charge in [0.15, 0.2) is 5.11 Å². The van der Waals surface area contributed by atoms with Crippen molar-refractivity contribution in [2.45, 2.75) is 19.9 Å². The summed E-state index contributed by atoms with van der Waals surface area (Å²) in [5.41, 5.74) is 2.65. The van der Waals surface area contributed by atoms with Crippen LogP contribution in [0.5, 0.6) is 0 Å². The molecular formula is C18H18N6OS. The molecule has 3 rings (SSSR count). The Kier molecular flexibility index (Phi) is 5.65. The quantitative estimate of drug-likeness (QED) is 0.676. The van der Waals surface area contributed by atoms with Gasteiger partial charge in [-0.3, -0.25) is 15.4 Å². The molecule has 0 aliphatic rings. The second-order valence-electron chi connectivity index (χ2n) is 5.56. The number of anilines is 1. The number of benzene rings is 2. The fourth-order valence-electron chi connectivity index (χ4n) is 2.34. The predicted molar refractivity (Wildman–Crippen MR) is 104 cm³/mol. The highest BCUT2D eigenvalue weighted by molar-refractivity contribution is 7.80. The number of carbonyl (C=O) groups is 1. The summed E-state index contributed by atoms with van der Waals surface area (Å²) in [7, 11) is 0. The Morgan fingerprint density at radius 3 is 2.46 bits per heavy atom. The van der Waals surface area contributed by atoms with E-state index in [1.165, 1.54) is 4.80 Å². The summed E-state index contributed by atoms with van der Waals surface area (Å²) in [4.78, 5) is 13.8. The molecule has 0 saturated heterocycles. The molecule has 0 atom stereocenters. The molecule has 2 aromatic carbocycles. The van der Waals surface area contributed by atoms with Crippen molar-refractivity contribution in [1.29, 1.82) is 0 Å². The van der Waals surface area contributed by atoms with Crippen molar-refractivity contribution < 1.29 is 4.79 Å². The molecule has 0 saturated carbocycles. The van der Waals surface area contributed by atoms with E-state index >= 15 is 0 Å². The minimum atomic E-state index is -0.303. The van der Waals surface area contributed by atoms with E-state index in [1.807, 2.05) is 49.4 Å². The lowest BCUT2D eigenvalue weighted by atomic mass is 10.0. The summed E-state index contributed by atoms with van der Waals surface area (Å²) in [6.07, 6.45) is 0.899. The molecule has 0 fully saturated rings. The number of nitrogens with zero attached hydrogens (tertiary/aromatic N) is 4. The van der Waals surface area contributed by atoms with Gasteiger partial charge in [-0.2, -0.15) is 4.80 Å². The average molecular weight is 366 g/mol. The maximum absolute atomic E-state index is 12.3. The number of rotatable bonds is 5. The standard InChI is InChI=1S/C18H18N6OS/c1-2-12-24-22-17(21-23-24)20-18(26)19-16(25)15-10-8-14(9-11-15)13-6-4-3-5-7-13/h3-11H,2,12H2,1H3,(H2,19,20,22,25,26). The van der Waals surface area contributed by atoms with Gasteiger partial charge < -0.3 is 0 Å². The Morgan fingerprint density at radius 2 is 1.77 bits per heavy atom. The first-order valence-electron chi connectivity index (χ1n) is 8.21. The molecule has 1 amide bonds. The number of carbonyl (C=O) groups excluding carboxylic acids is 1. The molecule has 7 nitrogen and oxygen atoms in total. The van der Waals surface area contributed by atoms with Crippen LogP contribution in [0, 0.1) is 0 Å². The van der Waals surface area contributed by atoms with Gasteiger partial charge in [-0.15, -0.1) is 5.10 Å². The molecule has 0 unspecified atom stereocenters. The molecule has 2 N–H and O–H groups in total. The summed E-state index contributed by atoms with van der Waals surface area (Å²) >= 11 is 5.13. The van der Waals surface area contributed by atoms with Gasteiger partial charge in [0.05, 0.1) is 6.54 Å². The Hall–Kier alpha value is -3.13. The molecule has 8 heteroatoms. The highest BCUT2D eigenvalue weighted by atomic mass is 32.1. The average Bonchev–Trinajstić information content (AvgIpc) is 3.09. The van der Waals surface area contributed by atoms with Gasteiger partial charge in [0.2, 0.25) is 0 Å². The van der Waals surface area contributed by atoms with E-state index < -0.39 is 0 Å². The van der Waals surface area contributed by atoms with Gasteiger partial charge in [0.25, 0.3) is 11.9 Å². The Labute approximate surface area is 156 Å². The minimum absolute atomic E-state index is 0.123. The van der Waals surface area contributed by atoms with Crippen molar-refractivity contribution in [1.82, 2.24) is 25.5 Å². The summed E-state index contributed by atoms with van der Waals surface area (Å²) < 4.78 is 0. The number of thiocarbonyl (C=S) groups is 1. The van der Waals surface area contributed by atoms with Gasteiger partial charge in [-0.1, -0.05) is 54.5 Å². The summed E-state index contributed by atoms with van der Waals surface area (Å²) in [6, 6.07) is 17.3. The van der Waals surface area contributed by atoms with Gasteiger partial charge in [0.1, 0.15) is 0 Å². The van der Waals surface area contributed by atoms with Crippen molar-refractivity contribution in [3.63, 3.8) is 0 Å². The highest BCUT2D eigenvalue weighted by Crippen LogP contribution is 2.19.